The van der Waals surface area contributed by atoms with Gasteiger partial charge in [0.25, 0.3) is 5.91 Å². The minimum absolute atomic E-state index is 0.268. The van der Waals surface area contributed by atoms with Gasteiger partial charge in [0.2, 0.25) is 0 Å². The van der Waals surface area contributed by atoms with E-state index >= 15 is 0 Å². The first-order valence-corrected chi connectivity index (χ1v) is 7.76. The molecule has 5 nitrogen and oxygen atoms in total. The SMILES string of the molecule is CCCCCOc1cccc(/C=N/NC(=O)c2ccncc2)c1. The molecule has 2 aromatic rings. The number of nitrogens with one attached hydrogen (secondary N) is 1. The second-order valence-electron chi connectivity index (χ2n) is 5.06. The molecule has 0 aliphatic carbocycles. The number of rotatable bonds is 8. The number of amides is 1. The first-order chi connectivity index (χ1) is 11.3. The molecule has 0 saturated heterocycles. The van der Waals surface area contributed by atoms with Crippen LogP contribution in [0.2, 0.25) is 0 Å². The molecular weight excluding hydrogens is 290 g/mol. The smallest absolute Gasteiger partial charge is 0.271 e. The molecule has 0 radical (unpaired) electrons. The third-order valence-corrected chi connectivity index (χ3v) is 3.20. The zero-order valence-electron chi connectivity index (χ0n) is 13.2. The first kappa shape index (κ1) is 16.7. The van der Waals surface area contributed by atoms with Gasteiger partial charge in [0.1, 0.15) is 5.75 Å². The Kier molecular flexibility index (Phi) is 6.78. The number of ether oxygens (including phenoxy) is 1. The molecule has 1 amide bonds. The minimum atomic E-state index is -0.268. The summed E-state index contributed by atoms with van der Waals surface area (Å²) in [6, 6.07) is 10.9. The molecule has 0 spiro atoms. The van der Waals surface area contributed by atoms with Crippen molar-refractivity contribution in [2.45, 2.75) is 26.2 Å². The van der Waals surface area contributed by atoms with Gasteiger partial charge in [-0.15, -0.1) is 0 Å². The second-order valence-corrected chi connectivity index (χ2v) is 5.06. The van der Waals surface area contributed by atoms with E-state index in [-0.39, 0.29) is 5.91 Å². The van der Waals surface area contributed by atoms with Crippen molar-refractivity contribution >= 4 is 12.1 Å². The molecule has 1 aromatic carbocycles. The number of carbonyl (C=O) groups excluding carboxylic acids is 1. The van der Waals surface area contributed by atoms with Crippen LogP contribution in [0, 0.1) is 0 Å². The summed E-state index contributed by atoms with van der Waals surface area (Å²) < 4.78 is 5.69. The van der Waals surface area contributed by atoms with Crippen molar-refractivity contribution in [3.8, 4) is 5.75 Å². The van der Waals surface area contributed by atoms with E-state index in [1.807, 2.05) is 24.3 Å². The molecule has 0 saturated carbocycles. The summed E-state index contributed by atoms with van der Waals surface area (Å²) >= 11 is 0. The third-order valence-electron chi connectivity index (χ3n) is 3.20. The third kappa shape index (κ3) is 5.90. The van der Waals surface area contributed by atoms with Gasteiger partial charge in [0.05, 0.1) is 12.8 Å². The van der Waals surface area contributed by atoms with Crippen LogP contribution in [-0.2, 0) is 0 Å². The van der Waals surface area contributed by atoms with E-state index in [1.165, 1.54) is 12.8 Å². The number of aromatic nitrogens is 1. The van der Waals surface area contributed by atoms with Gasteiger partial charge in [-0.05, 0) is 36.2 Å². The predicted molar refractivity (Wildman–Crippen MR) is 90.8 cm³/mol. The van der Waals surface area contributed by atoms with E-state index in [1.54, 1.807) is 30.7 Å². The van der Waals surface area contributed by atoms with Crippen LogP contribution in [-0.4, -0.2) is 23.7 Å². The molecule has 2 rings (SSSR count). The lowest BCUT2D eigenvalue weighted by molar-refractivity contribution is 0.0955. The van der Waals surface area contributed by atoms with Crippen LogP contribution >= 0.6 is 0 Å². The van der Waals surface area contributed by atoms with Crippen molar-refractivity contribution in [3.63, 3.8) is 0 Å². The summed E-state index contributed by atoms with van der Waals surface area (Å²) in [7, 11) is 0. The highest BCUT2D eigenvalue weighted by Crippen LogP contribution is 2.12. The molecule has 5 heteroatoms. The Labute approximate surface area is 136 Å². The molecule has 0 aliphatic rings. The highest BCUT2D eigenvalue weighted by Gasteiger charge is 2.02. The molecule has 0 unspecified atom stereocenters. The summed E-state index contributed by atoms with van der Waals surface area (Å²) in [5.74, 6) is 0.543. The molecule has 1 heterocycles. The standard InChI is InChI=1S/C18H21N3O2/c1-2-3-4-12-23-17-7-5-6-15(13-17)14-20-21-18(22)16-8-10-19-11-9-16/h5-11,13-14H,2-4,12H2,1H3,(H,21,22)/b20-14+. The Morgan fingerprint density at radius 2 is 2.09 bits per heavy atom. The normalized spacial score (nSPS) is 10.7. The Balaban J connectivity index is 1.86. The quantitative estimate of drug-likeness (QED) is 0.461. The van der Waals surface area contributed by atoms with Gasteiger partial charge >= 0.3 is 0 Å². The number of pyridine rings is 1. The number of hydrazone groups is 1. The molecule has 1 N–H and O–H groups in total. The van der Waals surface area contributed by atoms with E-state index in [2.05, 4.69) is 22.4 Å². The lowest BCUT2D eigenvalue weighted by Gasteiger charge is -2.06. The maximum atomic E-state index is 11.8. The average molecular weight is 311 g/mol. The first-order valence-electron chi connectivity index (χ1n) is 7.76. The van der Waals surface area contributed by atoms with Crippen LogP contribution in [0.3, 0.4) is 0 Å². The molecule has 0 atom stereocenters. The van der Waals surface area contributed by atoms with Crippen LogP contribution in [0.25, 0.3) is 0 Å². The molecule has 23 heavy (non-hydrogen) atoms. The second kappa shape index (κ2) is 9.35. The summed E-state index contributed by atoms with van der Waals surface area (Å²) in [5.41, 5.74) is 3.88. The fraction of sp³-hybridized carbons (Fsp3) is 0.278. The van der Waals surface area contributed by atoms with Gasteiger partial charge in [-0.25, -0.2) is 5.43 Å². The Morgan fingerprint density at radius 1 is 1.26 bits per heavy atom. The van der Waals surface area contributed by atoms with Gasteiger partial charge in [-0.1, -0.05) is 31.9 Å². The summed E-state index contributed by atoms with van der Waals surface area (Å²) in [5, 5.41) is 3.97. The molecule has 0 fully saturated rings. The fourth-order valence-corrected chi connectivity index (χ4v) is 1.96. The van der Waals surface area contributed by atoms with Gasteiger partial charge in [-0.3, -0.25) is 9.78 Å². The Bertz CT molecular complexity index is 642. The van der Waals surface area contributed by atoms with Gasteiger partial charge in [0.15, 0.2) is 0 Å². The van der Waals surface area contributed by atoms with E-state index in [0.717, 1.165) is 17.7 Å². The summed E-state index contributed by atoms with van der Waals surface area (Å²) in [4.78, 5) is 15.7. The van der Waals surface area contributed by atoms with Gasteiger partial charge in [-0.2, -0.15) is 5.10 Å². The van der Waals surface area contributed by atoms with Gasteiger partial charge in [0, 0.05) is 18.0 Å². The highest BCUT2D eigenvalue weighted by atomic mass is 16.5. The summed E-state index contributed by atoms with van der Waals surface area (Å²) in [6.07, 6.45) is 8.13. The number of hydrogen-bond donors (Lipinski definition) is 1. The number of nitrogens with zero attached hydrogens (tertiary/aromatic N) is 2. The topological polar surface area (TPSA) is 63.6 Å². The number of unbranched alkanes of at least 4 members (excludes halogenated alkanes) is 2. The van der Waals surface area contributed by atoms with E-state index in [9.17, 15) is 4.79 Å². The number of hydrogen-bond acceptors (Lipinski definition) is 4. The molecular formula is C18H21N3O2. The van der Waals surface area contributed by atoms with E-state index < -0.39 is 0 Å². The fourth-order valence-electron chi connectivity index (χ4n) is 1.96. The summed E-state index contributed by atoms with van der Waals surface area (Å²) in [6.45, 7) is 2.88. The van der Waals surface area contributed by atoms with Crippen molar-refractivity contribution in [3.05, 3.63) is 59.9 Å². The molecule has 0 aliphatic heterocycles. The van der Waals surface area contributed by atoms with Crippen molar-refractivity contribution in [1.82, 2.24) is 10.4 Å². The van der Waals surface area contributed by atoms with Gasteiger partial charge < -0.3 is 4.74 Å². The highest BCUT2D eigenvalue weighted by molar-refractivity contribution is 5.94. The lowest BCUT2D eigenvalue weighted by atomic mass is 10.2. The van der Waals surface area contributed by atoms with Crippen molar-refractivity contribution < 1.29 is 9.53 Å². The van der Waals surface area contributed by atoms with Crippen molar-refractivity contribution in [2.75, 3.05) is 6.61 Å². The maximum Gasteiger partial charge on any atom is 0.271 e. The molecule has 1 aromatic heterocycles. The van der Waals surface area contributed by atoms with Crippen molar-refractivity contribution in [2.24, 2.45) is 5.10 Å². The number of benzene rings is 1. The lowest BCUT2D eigenvalue weighted by Crippen LogP contribution is -2.17. The number of carbonyl (C=O) groups is 1. The zero-order chi connectivity index (χ0) is 16.3. The van der Waals surface area contributed by atoms with E-state index in [0.29, 0.717) is 12.2 Å². The zero-order valence-corrected chi connectivity index (χ0v) is 13.2. The minimum Gasteiger partial charge on any atom is -0.494 e. The molecule has 120 valence electrons. The predicted octanol–water partition coefficient (Wildman–Crippen LogP) is 3.41. The van der Waals surface area contributed by atoms with Crippen LogP contribution in [0.5, 0.6) is 5.75 Å². The molecule has 0 bridgehead atoms. The average Bonchev–Trinajstić information content (AvgIpc) is 2.60. The van der Waals surface area contributed by atoms with E-state index in [4.69, 9.17) is 4.74 Å². The van der Waals surface area contributed by atoms with Crippen LogP contribution in [0.1, 0.15) is 42.1 Å². The van der Waals surface area contributed by atoms with Crippen LogP contribution in [0.15, 0.2) is 53.9 Å². The Morgan fingerprint density at radius 3 is 2.87 bits per heavy atom. The largest absolute Gasteiger partial charge is 0.494 e. The maximum absolute atomic E-state index is 11.8. The van der Waals surface area contributed by atoms with Crippen molar-refractivity contribution in [1.29, 1.82) is 0 Å². The van der Waals surface area contributed by atoms with Crippen LogP contribution in [0.4, 0.5) is 0 Å². The van der Waals surface area contributed by atoms with Crippen LogP contribution < -0.4 is 10.2 Å². The Hall–Kier alpha value is -2.69. The monoisotopic (exact) mass is 311 g/mol.